The Balaban J connectivity index is 1.41. The largest absolute Gasteiger partial charge is 0.432 e. The highest BCUT2D eigenvalue weighted by molar-refractivity contribution is 7.80. The van der Waals surface area contributed by atoms with E-state index in [1.807, 2.05) is 43.4 Å². The summed E-state index contributed by atoms with van der Waals surface area (Å²) in [6, 6.07) is 21.9. The number of nitrogens with zero attached hydrogens (tertiary/aromatic N) is 3. The normalized spacial score (nSPS) is 10.4. The lowest BCUT2D eigenvalue weighted by atomic mass is 10.2. The van der Waals surface area contributed by atoms with Gasteiger partial charge in [-0.1, -0.05) is 18.2 Å². The third kappa shape index (κ3) is 4.42. The van der Waals surface area contributed by atoms with Crippen LogP contribution in [0, 0.1) is 0 Å². The first kappa shape index (κ1) is 19.5. The second-order valence-electron chi connectivity index (χ2n) is 6.50. The standard InChI is InChI=1S/C23H18N4O2S/c1-27(18-5-3-2-4-6-18)23(30)29-19-10-7-16(8-11-19)22(28)26-17-9-12-20-21(15-17)25-14-13-24-20/h2-15H,1H3,(H,26,28). The van der Waals surface area contributed by atoms with Gasteiger partial charge >= 0.3 is 0 Å². The van der Waals surface area contributed by atoms with Gasteiger partial charge in [-0.15, -0.1) is 0 Å². The van der Waals surface area contributed by atoms with Gasteiger partial charge in [0.15, 0.2) is 0 Å². The molecule has 3 aromatic carbocycles. The number of hydrogen-bond acceptors (Lipinski definition) is 5. The number of carbonyl (C=O) groups is 1. The molecule has 0 aliphatic rings. The van der Waals surface area contributed by atoms with Crippen LogP contribution in [0.5, 0.6) is 5.75 Å². The number of carbonyl (C=O) groups excluding carboxylic acids is 1. The van der Waals surface area contributed by atoms with Crippen molar-refractivity contribution in [2.24, 2.45) is 0 Å². The van der Waals surface area contributed by atoms with Crippen LogP contribution in [-0.2, 0) is 0 Å². The van der Waals surface area contributed by atoms with Crippen molar-refractivity contribution in [3.8, 4) is 5.75 Å². The summed E-state index contributed by atoms with van der Waals surface area (Å²) in [5, 5.41) is 3.18. The lowest BCUT2D eigenvalue weighted by Crippen LogP contribution is -2.29. The van der Waals surface area contributed by atoms with Crippen LogP contribution in [0.2, 0.25) is 0 Å². The predicted molar refractivity (Wildman–Crippen MR) is 122 cm³/mol. The van der Waals surface area contributed by atoms with Crippen molar-refractivity contribution in [3.05, 3.63) is 90.8 Å². The zero-order valence-corrected chi connectivity index (χ0v) is 17.0. The first-order valence-corrected chi connectivity index (χ1v) is 9.64. The fraction of sp³-hybridized carbons (Fsp3) is 0.0435. The Morgan fingerprint density at radius 2 is 1.63 bits per heavy atom. The second-order valence-corrected chi connectivity index (χ2v) is 6.85. The quantitative estimate of drug-likeness (QED) is 0.489. The lowest BCUT2D eigenvalue weighted by molar-refractivity contribution is 0.102. The average molecular weight is 414 g/mol. The van der Waals surface area contributed by atoms with Crippen molar-refractivity contribution in [2.45, 2.75) is 0 Å². The zero-order valence-electron chi connectivity index (χ0n) is 16.1. The minimum atomic E-state index is -0.228. The van der Waals surface area contributed by atoms with Crippen LogP contribution in [0.3, 0.4) is 0 Å². The summed E-state index contributed by atoms with van der Waals surface area (Å²) in [6.07, 6.45) is 3.25. The molecule has 0 spiro atoms. The molecule has 148 valence electrons. The molecule has 1 N–H and O–H groups in total. The Kier molecular flexibility index (Phi) is 5.63. The van der Waals surface area contributed by atoms with Gasteiger partial charge in [0.25, 0.3) is 11.1 Å². The van der Waals surface area contributed by atoms with Crippen LogP contribution < -0.4 is 15.0 Å². The average Bonchev–Trinajstić information content (AvgIpc) is 2.79. The van der Waals surface area contributed by atoms with Crippen molar-refractivity contribution < 1.29 is 9.53 Å². The number of anilines is 2. The summed E-state index contributed by atoms with van der Waals surface area (Å²) in [5.41, 5.74) is 3.57. The van der Waals surface area contributed by atoms with Crippen molar-refractivity contribution in [3.63, 3.8) is 0 Å². The van der Waals surface area contributed by atoms with E-state index in [4.69, 9.17) is 17.0 Å². The molecule has 1 amide bonds. The van der Waals surface area contributed by atoms with E-state index >= 15 is 0 Å². The third-order valence-corrected chi connectivity index (χ3v) is 4.82. The molecule has 4 rings (SSSR count). The first-order chi connectivity index (χ1) is 14.6. The first-order valence-electron chi connectivity index (χ1n) is 9.23. The summed E-state index contributed by atoms with van der Waals surface area (Å²) < 4.78 is 5.74. The molecular formula is C23H18N4O2S. The number of amides is 1. The van der Waals surface area contributed by atoms with E-state index in [0.717, 1.165) is 16.7 Å². The predicted octanol–water partition coefficient (Wildman–Crippen LogP) is 4.68. The van der Waals surface area contributed by atoms with E-state index in [0.29, 0.717) is 22.2 Å². The van der Waals surface area contributed by atoms with Gasteiger partial charge in [-0.3, -0.25) is 14.8 Å². The zero-order chi connectivity index (χ0) is 20.9. The molecule has 0 atom stereocenters. The Morgan fingerprint density at radius 1 is 0.933 bits per heavy atom. The van der Waals surface area contributed by atoms with Gasteiger partial charge in [-0.05, 0) is 66.8 Å². The number of para-hydroxylation sites is 1. The number of thiocarbonyl (C=S) groups is 1. The summed E-state index contributed by atoms with van der Waals surface area (Å²) in [7, 11) is 1.84. The van der Waals surface area contributed by atoms with Crippen LogP contribution in [-0.4, -0.2) is 28.1 Å². The Morgan fingerprint density at radius 3 is 2.37 bits per heavy atom. The Hall–Kier alpha value is -3.84. The Labute approximate surface area is 179 Å². The Bertz CT molecular complexity index is 1200. The van der Waals surface area contributed by atoms with Gasteiger partial charge in [0.2, 0.25) is 0 Å². The van der Waals surface area contributed by atoms with E-state index in [2.05, 4.69) is 15.3 Å². The van der Waals surface area contributed by atoms with Gasteiger partial charge in [0.05, 0.1) is 11.0 Å². The minimum Gasteiger partial charge on any atom is -0.432 e. The van der Waals surface area contributed by atoms with Gasteiger partial charge in [0, 0.05) is 36.4 Å². The molecule has 0 aliphatic carbocycles. The number of benzene rings is 3. The highest BCUT2D eigenvalue weighted by Gasteiger charge is 2.11. The monoisotopic (exact) mass is 414 g/mol. The molecule has 0 radical (unpaired) electrons. The van der Waals surface area contributed by atoms with Crippen LogP contribution in [0.1, 0.15) is 10.4 Å². The van der Waals surface area contributed by atoms with Gasteiger partial charge in [-0.2, -0.15) is 0 Å². The smallest absolute Gasteiger partial charge is 0.269 e. The minimum absolute atomic E-state index is 0.228. The molecule has 1 heterocycles. The van der Waals surface area contributed by atoms with Crippen LogP contribution >= 0.6 is 12.2 Å². The lowest BCUT2D eigenvalue weighted by Gasteiger charge is -2.19. The summed E-state index contributed by atoms with van der Waals surface area (Å²) >= 11 is 5.36. The molecule has 0 saturated heterocycles. The molecule has 0 saturated carbocycles. The van der Waals surface area contributed by atoms with Crippen LogP contribution in [0.25, 0.3) is 11.0 Å². The number of nitrogens with one attached hydrogen (secondary N) is 1. The number of hydrogen-bond donors (Lipinski definition) is 1. The topological polar surface area (TPSA) is 67.3 Å². The molecule has 6 nitrogen and oxygen atoms in total. The highest BCUT2D eigenvalue weighted by atomic mass is 32.1. The van der Waals surface area contributed by atoms with E-state index in [-0.39, 0.29) is 5.91 Å². The van der Waals surface area contributed by atoms with E-state index in [1.54, 1.807) is 53.7 Å². The molecule has 0 unspecified atom stereocenters. The highest BCUT2D eigenvalue weighted by Crippen LogP contribution is 2.19. The van der Waals surface area contributed by atoms with E-state index in [1.165, 1.54) is 0 Å². The SMILES string of the molecule is CN(C(=S)Oc1ccc(C(=O)Nc2ccc3nccnc3c2)cc1)c1ccccc1. The van der Waals surface area contributed by atoms with Gasteiger partial charge in [-0.25, -0.2) is 0 Å². The molecule has 4 aromatic rings. The molecule has 0 bridgehead atoms. The van der Waals surface area contributed by atoms with Crippen molar-refractivity contribution in [2.75, 3.05) is 17.3 Å². The summed E-state index contributed by atoms with van der Waals surface area (Å²) in [4.78, 5) is 22.8. The number of aromatic nitrogens is 2. The number of rotatable bonds is 4. The van der Waals surface area contributed by atoms with E-state index < -0.39 is 0 Å². The maximum absolute atomic E-state index is 12.6. The fourth-order valence-corrected chi connectivity index (χ4v) is 3.05. The van der Waals surface area contributed by atoms with Crippen LogP contribution in [0.4, 0.5) is 11.4 Å². The summed E-state index contributed by atoms with van der Waals surface area (Å²) in [5.74, 6) is 0.328. The molecule has 0 aliphatic heterocycles. The van der Waals surface area contributed by atoms with Crippen LogP contribution in [0.15, 0.2) is 85.2 Å². The van der Waals surface area contributed by atoms with Crippen molar-refractivity contribution in [1.82, 2.24) is 9.97 Å². The van der Waals surface area contributed by atoms with Crippen molar-refractivity contribution in [1.29, 1.82) is 0 Å². The molecule has 0 fully saturated rings. The number of fused-ring (bicyclic) bond motifs is 1. The third-order valence-electron chi connectivity index (χ3n) is 4.47. The fourth-order valence-electron chi connectivity index (χ4n) is 2.84. The maximum Gasteiger partial charge on any atom is 0.269 e. The maximum atomic E-state index is 12.6. The second kappa shape index (κ2) is 8.67. The van der Waals surface area contributed by atoms with Gasteiger partial charge in [0.1, 0.15) is 5.75 Å². The molecule has 1 aromatic heterocycles. The molecular weight excluding hydrogens is 396 g/mol. The molecule has 30 heavy (non-hydrogen) atoms. The van der Waals surface area contributed by atoms with E-state index in [9.17, 15) is 4.79 Å². The molecule has 7 heteroatoms. The summed E-state index contributed by atoms with van der Waals surface area (Å²) in [6.45, 7) is 0. The number of ether oxygens (including phenoxy) is 1. The van der Waals surface area contributed by atoms with Gasteiger partial charge < -0.3 is 15.0 Å². The van der Waals surface area contributed by atoms with Crippen molar-refractivity contribution >= 4 is 45.7 Å².